The molecule has 2 aromatic rings. The molecule has 5 nitrogen and oxygen atoms in total. The molecular weight excluding hydrogens is 314 g/mol. The van der Waals surface area contributed by atoms with Crippen LogP contribution in [0.15, 0.2) is 28.8 Å². The summed E-state index contributed by atoms with van der Waals surface area (Å²) in [5, 5.41) is 7.57. The van der Waals surface area contributed by atoms with Gasteiger partial charge in [-0.25, -0.2) is 0 Å². The van der Waals surface area contributed by atoms with Gasteiger partial charge in [0.25, 0.3) is 0 Å². The first kappa shape index (κ1) is 16.0. The molecule has 0 saturated heterocycles. The molecule has 0 bridgehead atoms. The van der Waals surface area contributed by atoms with Gasteiger partial charge in [-0.1, -0.05) is 42.2 Å². The molecule has 6 heteroatoms. The molecule has 3 rings (SSSR count). The van der Waals surface area contributed by atoms with E-state index in [9.17, 15) is 4.79 Å². The van der Waals surface area contributed by atoms with Crippen LogP contribution in [-0.4, -0.2) is 16.0 Å². The number of aryl methyl sites for hydroxylation is 1. The summed E-state index contributed by atoms with van der Waals surface area (Å²) < 4.78 is 5.21. The number of amides is 1. The van der Waals surface area contributed by atoms with Crippen LogP contribution < -0.4 is 5.32 Å². The molecule has 1 atom stereocenters. The minimum atomic E-state index is -0.465. The van der Waals surface area contributed by atoms with E-state index in [-0.39, 0.29) is 11.9 Å². The molecule has 122 valence electrons. The van der Waals surface area contributed by atoms with Gasteiger partial charge in [-0.3, -0.25) is 4.79 Å². The molecule has 1 N–H and O–H groups in total. The van der Waals surface area contributed by atoms with Gasteiger partial charge < -0.3 is 9.84 Å². The van der Waals surface area contributed by atoms with Crippen molar-refractivity contribution in [2.75, 3.05) is 0 Å². The van der Waals surface area contributed by atoms with Crippen molar-refractivity contribution >= 4 is 17.5 Å². The first-order valence-corrected chi connectivity index (χ1v) is 8.30. The van der Waals surface area contributed by atoms with Gasteiger partial charge in [0.2, 0.25) is 11.8 Å². The maximum absolute atomic E-state index is 12.9. The van der Waals surface area contributed by atoms with Crippen molar-refractivity contribution in [3.63, 3.8) is 0 Å². The predicted octanol–water partition coefficient (Wildman–Crippen LogP) is 3.72. The van der Waals surface area contributed by atoms with Crippen molar-refractivity contribution in [3.05, 3.63) is 46.6 Å². The van der Waals surface area contributed by atoms with Crippen LogP contribution >= 0.6 is 11.6 Å². The Kier molecular flexibility index (Phi) is 4.39. The molecule has 1 aromatic carbocycles. The zero-order valence-corrected chi connectivity index (χ0v) is 14.1. The average Bonchev–Trinajstić information content (AvgIpc) is 2.92. The second-order valence-electron chi connectivity index (χ2n) is 6.06. The first-order chi connectivity index (χ1) is 11.0. The lowest BCUT2D eigenvalue weighted by Crippen LogP contribution is -2.50. The number of halogens is 1. The van der Waals surface area contributed by atoms with E-state index in [0.717, 1.165) is 24.8 Å². The smallest absolute Gasteiger partial charge is 0.249 e. The van der Waals surface area contributed by atoms with E-state index in [0.29, 0.717) is 23.2 Å². The summed E-state index contributed by atoms with van der Waals surface area (Å²) in [6, 6.07) is 7.30. The van der Waals surface area contributed by atoms with Crippen LogP contribution in [0.4, 0.5) is 0 Å². The molecule has 1 fully saturated rings. The summed E-state index contributed by atoms with van der Waals surface area (Å²) in [4.78, 5) is 17.2. The third kappa shape index (κ3) is 2.98. The van der Waals surface area contributed by atoms with E-state index in [2.05, 4.69) is 15.5 Å². The molecular formula is C17H20ClN3O2. The Hall–Kier alpha value is -1.88. The topological polar surface area (TPSA) is 68.0 Å². The maximum Gasteiger partial charge on any atom is 0.249 e. The lowest BCUT2D eigenvalue weighted by molar-refractivity contribution is -0.131. The van der Waals surface area contributed by atoms with Gasteiger partial charge in [-0.2, -0.15) is 4.98 Å². The van der Waals surface area contributed by atoms with Gasteiger partial charge in [0.15, 0.2) is 5.82 Å². The van der Waals surface area contributed by atoms with Crippen LogP contribution in [0.1, 0.15) is 55.9 Å². The molecule has 23 heavy (non-hydrogen) atoms. The van der Waals surface area contributed by atoms with Crippen molar-refractivity contribution in [1.82, 2.24) is 15.5 Å². The van der Waals surface area contributed by atoms with Gasteiger partial charge in [-0.05, 0) is 43.9 Å². The molecule has 1 aromatic heterocycles. The Morgan fingerprint density at radius 1 is 1.39 bits per heavy atom. The van der Waals surface area contributed by atoms with E-state index in [4.69, 9.17) is 16.1 Å². The number of aromatic nitrogens is 2. The SMILES string of the molecule is CCC(NC(=O)C1(c2ccc(Cl)cc2)CCC1)c1nc(C)no1. The van der Waals surface area contributed by atoms with Crippen LogP contribution in [0.2, 0.25) is 5.02 Å². The first-order valence-electron chi connectivity index (χ1n) is 7.92. The Morgan fingerprint density at radius 2 is 2.09 bits per heavy atom. The van der Waals surface area contributed by atoms with E-state index in [1.54, 1.807) is 6.92 Å². The highest BCUT2D eigenvalue weighted by molar-refractivity contribution is 6.30. The largest absolute Gasteiger partial charge is 0.344 e. The van der Waals surface area contributed by atoms with Gasteiger partial charge in [-0.15, -0.1) is 0 Å². The van der Waals surface area contributed by atoms with Crippen LogP contribution in [0, 0.1) is 6.92 Å². The molecule has 1 heterocycles. The van der Waals surface area contributed by atoms with Crippen molar-refractivity contribution in [1.29, 1.82) is 0 Å². The van der Waals surface area contributed by atoms with Gasteiger partial charge >= 0.3 is 0 Å². The molecule has 0 spiro atoms. The zero-order valence-electron chi connectivity index (χ0n) is 13.3. The number of benzene rings is 1. The molecule has 1 aliphatic rings. The molecule has 0 aliphatic heterocycles. The highest BCUT2D eigenvalue weighted by Gasteiger charge is 2.46. The fourth-order valence-electron chi connectivity index (χ4n) is 3.04. The summed E-state index contributed by atoms with van der Waals surface area (Å²) in [7, 11) is 0. The predicted molar refractivity (Wildman–Crippen MR) is 87.2 cm³/mol. The van der Waals surface area contributed by atoms with Gasteiger partial charge in [0.05, 0.1) is 5.41 Å². The van der Waals surface area contributed by atoms with Crippen molar-refractivity contribution in [3.8, 4) is 0 Å². The highest BCUT2D eigenvalue weighted by atomic mass is 35.5. The summed E-state index contributed by atoms with van der Waals surface area (Å²) in [5.41, 5.74) is 0.551. The lowest BCUT2D eigenvalue weighted by Gasteiger charge is -2.41. The molecule has 0 radical (unpaired) electrons. The number of carbonyl (C=O) groups is 1. The highest BCUT2D eigenvalue weighted by Crippen LogP contribution is 2.44. The summed E-state index contributed by atoms with van der Waals surface area (Å²) >= 11 is 5.96. The number of carbonyl (C=O) groups excluding carboxylic acids is 1. The van der Waals surface area contributed by atoms with Crippen LogP contribution in [0.25, 0.3) is 0 Å². The van der Waals surface area contributed by atoms with Crippen molar-refractivity contribution < 1.29 is 9.32 Å². The van der Waals surface area contributed by atoms with Gasteiger partial charge in [0, 0.05) is 5.02 Å². The minimum absolute atomic E-state index is 0.0220. The number of nitrogens with one attached hydrogen (secondary N) is 1. The second kappa shape index (κ2) is 6.32. The third-order valence-corrected chi connectivity index (χ3v) is 4.85. The second-order valence-corrected chi connectivity index (χ2v) is 6.49. The third-order valence-electron chi connectivity index (χ3n) is 4.59. The Bertz CT molecular complexity index is 692. The molecule has 1 amide bonds. The standard InChI is InChI=1S/C17H20ClN3O2/c1-3-14(15-19-11(2)21-23-15)20-16(22)17(9-4-10-17)12-5-7-13(18)8-6-12/h5-8,14H,3-4,9-10H2,1-2H3,(H,20,22). The molecule has 1 aliphatic carbocycles. The maximum atomic E-state index is 12.9. The van der Waals surface area contributed by atoms with E-state index in [1.807, 2.05) is 31.2 Å². The minimum Gasteiger partial charge on any atom is -0.344 e. The molecule has 1 unspecified atom stereocenters. The van der Waals surface area contributed by atoms with E-state index < -0.39 is 5.41 Å². The van der Waals surface area contributed by atoms with Crippen molar-refractivity contribution in [2.45, 2.75) is 51.0 Å². The summed E-state index contributed by atoms with van der Waals surface area (Å²) in [5.74, 6) is 1.06. The number of hydrogen-bond donors (Lipinski definition) is 1. The summed E-state index contributed by atoms with van der Waals surface area (Å²) in [6.45, 7) is 3.75. The van der Waals surface area contributed by atoms with Crippen LogP contribution in [0.3, 0.4) is 0 Å². The Labute approximate surface area is 140 Å². The fraction of sp³-hybridized carbons (Fsp3) is 0.471. The number of hydrogen-bond acceptors (Lipinski definition) is 4. The zero-order chi connectivity index (χ0) is 16.4. The number of nitrogens with zero attached hydrogens (tertiary/aromatic N) is 2. The average molecular weight is 334 g/mol. The normalized spacial score (nSPS) is 17.3. The Morgan fingerprint density at radius 3 is 2.57 bits per heavy atom. The van der Waals surface area contributed by atoms with E-state index >= 15 is 0 Å². The van der Waals surface area contributed by atoms with Gasteiger partial charge in [0.1, 0.15) is 6.04 Å². The number of rotatable bonds is 5. The Balaban J connectivity index is 1.81. The van der Waals surface area contributed by atoms with Crippen LogP contribution in [-0.2, 0) is 10.2 Å². The van der Waals surface area contributed by atoms with Crippen molar-refractivity contribution in [2.24, 2.45) is 0 Å². The molecule has 1 saturated carbocycles. The lowest BCUT2D eigenvalue weighted by atomic mass is 9.63. The summed E-state index contributed by atoms with van der Waals surface area (Å²) in [6.07, 6.45) is 3.44. The fourth-order valence-corrected chi connectivity index (χ4v) is 3.16. The quantitative estimate of drug-likeness (QED) is 0.905. The van der Waals surface area contributed by atoms with Crippen LogP contribution in [0.5, 0.6) is 0 Å². The monoisotopic (exact) mass is 333 g/mol. The van der Waals surface area contributed by atoms with E-state index in [1.165, 1.54) is 0 Å².